The zero-order valence-corrected chi connectivity index (χ0v) is 15.4. The van der Waals surface area contributed by atoms with E-state index < -0.39 is 5.91 Å². The van der Waals surface area contributed by atoms with Crippen LogP contribution in [0, 0.1) is 0 Å². The molecule has 6 nitrogen and oxygen atoms in total. The third kappa shape index (κ3) is 5.00. The third-order valence-corrected chi connectivity index (χ3v) is 3.59. The molecule has 0 aliphatic rings. The quantitative estimate of drug-likeness (QED) is 0.592. The van der Waals surface area contributed by atoms with Crippen LogP contribution in [0.5, 0.6) is 17.2 Å². The number of carbonyl (C=O) groups excluding carboxylic acids is 1. The SMILES string of the molecule is COc1cc(C(=O)NN=CC(Cl)=Cc2ccccc2)cc(OC)c1OC. The molecule has 1 N–H and O–H groups in total. The highest BCUT2D eigenvalue weighted by Crippen LogP contribution is 2.38. The topological polar surface area (TPSA) is 69.2 Å². The van der Waals surface area contributed by atoms with Gasteiger partial charge in [-0.2, -0.15) is 5.10 Å². The van der Waals surface area contributed by atoms with Gasteiger partial charge in [-0.1, -0.05) is 41.9 Å². The van der Waals surface area contributed by atoms with E-state index in [1.807, 2.05) is 30.3 Å². The molecule has 0 aromatic heterocycles. The summed E-state index contributed by atoms with van der Waals surface area (Å²) in [6.45, 7) is 0. The number of hydrogen-bond acceptors (Lipinski definition) is 5. The Morgan fingerprint density at radius 2 is 1.65 bits per heavy atom. The maximum Gasteiger partial charge on any atom is 0.271 e. The summed E-state index contributed by atoms with van der Waals surface area (Å²) < 4.78 is 15.7. The molecule has 136 valence electrons. The minimum atomic E-state index is -0.440. The average Bonchev–Trinajstić information content (AvgIpc) is 2.67. The number of hydrazone groups is 1. The number of nitrogens with zero attached hydrogens (tertiary/aromatic N) is 1. The van der Waals surface area contributed by atoms with E-state index in [0.717, 1.165) is 5.56 Å². The van der Waals surface area contributed by atoms with Crippen molar-refractivity contribution < 1.29 is 19.0 Å². The average molecular weight is 375 g/mol. The molecule has 26 heavy (non-hydrogen) atoms. The van der Waals surface area contributed by atoms with Crippen molar-refractivity contribution in [2.45, 2.75) is 0 Å². The highest BCUT2D eigenvalue weighted by molar-refractivity contribution is 6.41. The molecule has 0 heterocycles. The van der Waals surface area contributed by atoms with Gasteiger partial charge in [0.05, 0.1) is 32.6 Å². The first-order valence-corrected chi connectivity index (χ1v) is 8.02. The van der Waals surface area contributed by atoms with Crippen LogP contribution in [0.2, 0.25) is 0 Å². The molecule has 2 aromatic carbocycles. The van der Waals surface area contributed by atoms with E-state index >= 15 is 0 Å². The molecule has 2 rings (SSSR count). The smallest absolute Gasteiger partial charge is 0.271 e. The van der Waals surface area contributed by atoms with Crippen molar-refractivity contribution in [2.24, 2.45) is 5.10 Å². The minimum Gasteiger partial charge on any atom is -0.493 e. The molecule has 0 unspecified atom stereocenters. The number of amides is 1. The van der Waals surface area contributed by atoms with E-state index in [4.69, 9.17) is 25.8 Å². The van der Waals surface area contributed by atoms with Gasteiger partial charge in [0.25, 0.3) is 5.91 Å². The first kappa shape index (κ1) is 19.3. The van der Waals surface area contributed by atoms with Crippen LogP contribution in [-0.2, 0) is 0 Å². The van der Waals surface area contributed by atoms with Gasteiger partial charge in [0, 0.05) is 5.56 Å². The molecule has 0 saturated heterocycles. The van der Waals surface area contributed by atoms with Crippen molar-refractivity contribution >= 4 is 29.8 Å². The number of allylic oxidation sites excluding steroid dienone is 1. The van der Waals surface area contributed by atoms with Gasteiger partial charge in [0.15, 0.2) is 11.5 Å². The summed E-state index contributed by atoms with van der Waals surface area (Å²) in [4.78, 5) is 12.3. The number of rotatable bonds is 7. The fourth-order valence-electron chi connectivity index (χ4n) is 2.18. The predicted molar refractivity (Wildman–Crippen MR) is 102 cm³/mol. The maximum atomic E-state index is 12.3. The largest absolute Gasteiger partial charge is 0.493 e. The molecule has 0 aliphatic heterocycles. The molecule has 0 atom stereocenters. The molecule has 0 aliphatic carbocycles. The number of hydrogen-bond donors (Lipinski definition) is 1. The van der Waals surface area contributed by atoms with Crippen molar-refractivity contribution in [1.82, 2.24) is 5.43 Å². The van der Waals surface area contributed by atoms with Gasteiger partial charge in [0.2, 0.25) is 5.75 Å². The summed E-state index contributed by atoms with van der Waals surface area (Å²) in [6.07, 6.45) is 3.08. The molecule has 0 saturated carbocycles. The number of ether oxygens (including phenoxy) is 3. The number of methoxy groups -OCH3 is 3. The Hall–Kier alpha value is -2.99. The zero-order valence-electron chi connectivity index (χ0n) is 14.7. The van der Waals surface area contributed by atoms with Gasteiger partial charge in [-0.3, -0.25) is 4.79 Å². The fourth-order valence-corrected chi connectivity index (χ4v) is 2.35. The molecular formula is C19H19ClN2O4. The summed E-state index contributed by atoms with van der Waals surface area (Å²) in [5.74, 6) is 0.722. The van der Waals surface area contributed by atoms with E-state index in [1.54, 1.807) is 6.08 Å². The van der Waals surface area contributed by atoms with Gasteiger partial charge >= 0.3 is 0 Å². The standard InChI is InChI=1S/C19H19ClN2O4/c1-24-16-10-14(11-17(25-2)18(16)26-3)19(23)22-21-12-15(20)9-13-7-5-4-6-8-13/h4-12H,1-3H3,(H,22,23). The monoisotopic (exact) mass is 374 g/mol. The molecule has 2 aromatic rings. The van der Waals surface area contributed by atoms with E-state index in [1.165, 1.54) is 39.7 Å². The fraction of sp³-hybridized carbons (Fsp3) is 0.158. The Balaban J connectivity index is 2.11. The second-order valence-corrected chi connectivity index (χ2v) is 5.49. The lowest BCUT2D eigenvalue weighted by molar-refractivity contribution is 0.0954. The lowest BCUT2D eigenvalue weighted by atomic mass is 10.1. The lowest BCUT2D eigenvalue weighted by Gasteiger charge is -2.13. The molecule has 0 spiro atoms. The van der Waals surface area contributed by atoms with Crippen LogP contribution in [-0.4, -0.2) is 33.5 Å². The number of nitrogens with one attached hydrogen (secondary N) is 1. The Kier molecular flexibility index (Phi) is 7.05. The van der Waals surface area contributed by atoms with Gasteiger partial charge < -0.3 is 14.2 Å². The van der Waals surface area contributed by atoms with E-state index in [-0.39, 0.29) is 0 Å². The number of benzene rings is 2. The Morgan fingerprint density at radius 3 is 2.19 bits per heavy atom. The van der Waals surface area contributed by atoms with Gasteiger partial charge in [-0.05, 0) is 23.8 Å². The van der Waals surface area contributed by atoms with Crippen molar-refractivity contribution in [3.05, 3.63) is 58.6 Å². The third-order valence-electron chi connectivity index (χ3n) is 3.39. The summed E-state index contributed by atoms with van der Waals surface area (Å²) in [7, 11) is 4.45. The maximum absolute atomic E-state index is 12.3. The van der Waals surface area contributed by atoms with Gasteiger partial charge in [-0.15, -0.1) is 0 Å². The van der Waals surface area contributed by atoms with Crippen molar-refractivity contribution in [2.75, 3.05) is 21.3 Å². The first-order valence-electron chi connectivity index (χ1n) is 7.64. The van der Waals surface area contributed by atoms with Crippen molar-refractivity contribution in [1.29, 1.82) is 0 Å². The van der Waals surface area contributed by atoms with Gasteiger partial charge in [-0.25, -0.2) is 5.43 Å². The zero-order chi connectivity index (χ0) is 18.9. The summed E-state index contributed by atoms with van der Waals surface area (Å²) in [5, 5.41) is 4.24. The van der Waals surface area contributed by atoms with Crippen LogP contribution in [0.25, 0.3) is 6.08 Å². The van der Waals surface area contributed by atoms with E-state index in [2.05, 4.69) is 10.5 Å². The van der Waals surface area contributed by atoms with Crippen LogP contribution in [0.1, 0.15) is 15.9 Å². The Bertz CT molecular complexity index is 795. The molecule has 1 amide bonds. The molecule has 0 bridgehead atoms. The number of halogens is 1. The predicted octanol–water partition coefficient (Wildman–Crippen LogP) is 3.71. The number of carbonyl (C=O) groups is 1. The van der Waals surface area contributed by atoms with Crippen molar-refractivity contribution in [3.8, 4) is 17.2 Å². The van der Waals surface area contributed by atoms with Crippen LogP contribution in [0.4, 0.5) is 0 Å². The highest BCUT2D eigenvalue weighted by atomic mass is 35.5. The molecular weight excluding hydrogens is 356 g/mol. The molecule has 0 fully saturated rings. The van der Waals surface area contributed by atoms with E-state index in [9.17, 15) is 4.79 Å². The first-order chi connectivity index (χ1) is 12.6. The normalized spacial score (nSPS) is 11.3. The Labute approximate surface area is 157 Å². The van der Waals surface area contributed by atoms with Crippen molar-refractivity contribution in [3.63, 3.8) is 0 Å². The molecule has 0 radical (unpaired) electrons. The summed E-state index contributed by atoms with van der Waals surface area (Å²) >= 11 is 6.08. The van der Waals surface area contributed by atoms with Crippen LogP contribution < -0.4 is 19.6 Å². The Morgan fingerprint density at radius 1 is 1.04 bits per heavy atom. The van der Waals surface area contributed by atoms with E-state index in [0.29, 0.717) is 27.8 Å². The summed E-state index contributed by atoms with van der Waals surface area (Å²) in [6, 6.07) is 12.6. The highest BCUT2D eigenvalue weighted by Gasteiger charge is 2.16. The second kappa shape index (κ2) is 9.48. The van der Waals surface area contributed by atoms with Crippen LogP contribution in [0.3, 0.4) is 0 Å². The lowest BCUT2D eigenvalue weighted by Crippen LogP contribution is -2.17. The van der Waals surface area contributed by atoms with Crippen LogP contribution in [0.15, 0.2) is 52.6 Å². The molecule has 7 heteroatoms. The second-order valence-electron chi connectivity index (χ2n) is 5.05. The summed E-state index contributed by atoms with van der Waals surface area (Å²) in [5.41, 5.74) is 3.64. The van der Waals surface area contributed by atoms with Gasteiger partial charge in [0.1, 0.15) is 0 Å². The van der Waals surface area contributed by atoms with Crippen LogP contribution >= 0.6 is 11.6 Å². The minimum absolute atomic E-state index is 0.305.